The van der Waals surface area contributed by atoms with Crippen molar-refractivity contribution in [3.63, 3.8) is 0 Å². The molecule has 1 aliphatic rings. The van der Waals surface area contributed by atoms with Crippen molar-refractivity contribution in [2.45, 2.75) is 53.6 Å². The van der Waals surface area contributed by atoms with Crippen LogP contribution < -0.4 is 5.32 Å². The van der Waals surface area contributed by atoms with Gasteiger partial charge < -0.3 is 19.5 Å². The van der Waals surface area contributed by atoms with Gasteiger partial charge in [0.25, 0.3) is 0 Å². The van der Waals surface area contributed by atoms with E-state index in [0.717, 1.165) is 36.5 Å². The number of likely N-dealkylation sites (tertiary alicyclic amines) is 1. The Morgan fingerprint density at radius 1 is 1.19 bits per heavy atom. The van der Waals surface area contributed by atoms with Crippen molar-refractivity contribution in [1.29, 1.82) is 0 Å². The number of hydrogen-bond donors (Lipinski definition) is 1. The molecule has 0 aliphatic carbocycles. The molecule has 1 aromatic heterocycles. The largest absolute Gasteiger partial charge is 0.462 e. The predicted octanol–water partition coefficient (Wildman–Crippen LogP) is 4.08. The molecule has 170 valence electrons. The highest BCUT2D eigenvalue weighted by atomic mass is 16.5. The monoisotopic (exact) mass is 437 g/mol. The Morgan fingerprint density at radius 3 is 2.62 bits per heavy atom. The van der Waals surface area contributed by atoms with Crippen LogP contribution in [0.3, 0.4) is 0 Å². The fourth-order valence-corrected chi connectivity index (χ4v) is 4.23. The van der Waals surface area contributed by atoms with Gasteiger partial charge in [-0.2, -0.15) is 0 Å². The van der Waals surface area contributed by atoms with E-state index in [9.17, 15) is 14.4 Å². The van der Waals surface area contributed by atoms with E-state index >= 15 is 0 Å². The highest BCUT2D eigenvalue weighted by Gasteiger charge is 2.22. The highest BCUT2D eigenvalue weighted by Crippen LogP contribution is 2.25. The van der Waals surface area contributed by atoms with Gasteiger partial charge in [0.2, 0.25) is 11.8 Å². The average molecular weight is 438 g/mol. The molecule has 1 fully saturated rings. The van der Waals surface area contributed by atoms with E-state index in [-0.39, 0.29) is 24.4 Å². The summed E-state index contributed by atoms with van der Waals surface area (Å²) in [5.41, 5.74) is 4.56. The van der Waals surface area contributed by atoms with E-state index in [1.54, 1.807) is 13.0 Å². The van der Waals surface area contributed by atoms with Crippen LogP contribution in [0.2, 0.25) is 0 Å². The summed E-state index contributed by atoms with van der Waals surface area (Å²) >= 11 is 0. The standard InChI is InChI=1S/C25H31N3O4/c1-5-28-17(3)21(24(18(28)4)25(31)32-6-2)12-13-22(29)26-20-10-7-9-19(15-20)16-27-14-8-11-23(27)30/h7,9-10,12-13,15H,5-6,8,11,14,16H2,1-4H3,(H,26,29)/b13-12+. The van der Waals surface area contributed by atoms with E-state index in [1.165, 1.54) is 6.08 Å². The Hall–Kier alpha value is -3.35. The number of benzene rings is 1. The van der Waals surface area contributed by atoms with Gasteiger partial charge in [0, 0.05) is 54.8 Å². The summed E-state index contributed by atoms with van der Waals surface area (Å²) in [5, 5.41) is 2.87. The minimum atomic E-state index is -0.385. The molecular weight excluding hydrogens is 406 g/mol. The zero-order chi connectivity index (χ0) is 23.3. The molecule has 0 radical (unpaired) electrons. The smallest absolute Gasteiger partial charge is 0.340 e. The molecule has 7 nitrogen and oxygen atoms in total. The molecule has 2 heterocycles. The fraction of sp³-hybridized carbons (Fsp3) is 0.400. The topological polar surface area (TPSA) is 80.6 Å². The first-order valence-corrected chi connectivity index (χ1v) is 11.1. The second-order valence-electron chi connectivity index (χ2n) is 7.87. The van der Waals surface area contributed by atoms with Gasteiger partial charge in [-0.25, -0.2) is 4.79 Å². The molecule has 1 aliphatic heterocycles. The van der Waals surface area contributed by atoms with Gasteiger partial charge in [0.15, 0.2) is 0 Å². The molecule has 1 N–H and O–H groups in total. The third-order valence-corrected chi connectivity index (χ3v) is 5.77. The Balaban J connectivity index is 1.75. The van der Waals surface area contributed by atoms with Crippen LogP contribution in [0.15, 0.2) is 30.3 Å². The number of rotatable bonds is 8. The average Bonchev–Trinajstić information content (AvgIpc) is 3.26. The lowest BCUT2D eigenvalue weighted by molar-refractivity contribution is -0.128. The summed E-state index contributed by atoms with van der Waals surface area (Å²) in [6.07, 6.45) is 4.60. The van der Waals surface area contributed by atoms with Crippen LogP contribution >= 0.6 is 0 Å². The number of ether oxygens (including phenoxy) is 1. The normalized spacial score (nSPS) is 13.8. The van der Waals surface area contributed by atoms with Gasteiger partial charge in [-0.15, -0.1) is 0 Å². The third-order valence-electron chi connectivity index (χ3n) is 5.77. The maximum Gasteiger partial charge on any atom is 0.340 e. The lowest BCUT2D eigenvalue weighted by atomic mass is 10.1. The van der Waals surface area contributed by atoms with Crippen LogP contribution in [0.4, 0.5) is 5.69 Å². The molecule has 3 rings (SSSR count). The van der Waals surface area contributed by atoms with E-state index in [0.29, 0.717) is 29.8 Å². The minimum Gasteiger partial charge on any atom is -0.462 e. The van der Waals surface area contributed by atoms with E-state index < -0.39 is 0 Å². The summed E-state index contributed by atoms with van der Waals surface area (Å²) in [4.78, 5) is 38.8. The zero-order valence-corrected chi connectivity index (χ0v) is 19.2. The van der Waals surface area contributed by atoms with Crippen molar-refractivity contribution >= 4 is 29.5 Å². The molecule has 2 aromatic rings. The molecular formula is C25H31N3O4. The molecule has 0 spiro atoms. The molecule has 0 unspecified atom stereocenters. The molecule has 0 bridgehead atoms. The fourth-order valence-electron chi connectivity index (χ4n) is 4.23. The highest BCUT2D eigenvalue weighted by molar-refractivity contribution is 6.04. The number of hydrogen-bond acceptors (Lipinski definition) is 4. The summed E-state index contributed by atoms with van der Waals surface area (Å²) in [6, 6.07) is 7.50. The van der Waals surface area contributed by atoms with Crippen LogP contribution in [-0.4, -0.2) is 40.4 Å². The van der Waals surface area contributed by atoms with Crippen LogP contribution in [-0.2, 0) is 27.4 Å². The van der Waals surface area contributed by atoms with Gasteiger partial charge in [0.1, 0.15) is 0 Å². The first-order chi connectivity index (χ1) is 15.3. The molecule has 32 heavy (non-hydrogen) atoms. The molecule has 1 saturated heterocycles. The van der Waals surface area contributed by atoms with Gasteiger partial charge in [-0.1, -0.05) is 12.1 Å². The van der Waals surface area contributed by atoms with Gasteiger partial charge in [-0.3, -0.25) is 9.59 Å². The van der Waals surface area contributed by atoms with E-state index in [2.05, 4.69) is 5.32 Å². The Kier molecular flexibility index (Phi) is 7.51. The summed E-state index contributed by atoms with van der Waals surface area (Å²) in [6.45, 7) is 9.93. The van der Waals surface area contributed by atoms with Crippen molar-refractivity contribution in [2.24, 2.45) is 0 Å². The quantitative estimate of drug-likeness (QED) is 0.499. The van der Waals surface area contributed by atoms with Gasteiger partial charge in [-0.05, 0) is 57.9 Å². The molecule has 0 saturated carbocycles. The third kappa shape index (κ3) is 5.10. The van der Waals surface area contributed by atoms with Gasteiger partial charge in [0.05, 0.1) is 12.2 Å². The lowest BCUT2D eigenvalue weighted by Crippen LogP contribution is -2.23. The zero-order valence-electron chi connectivity index (χ0n) is 19.2. The van der Waals surface area contributed by atoms with Crippen molar-refractivity contribution in [1.82, 2.24) is 9.47 Å². The maximum absolute atomic E-state index is 12.6. The number of aromatic nitrogens is 1. The molecule has 2 amide bonds. The van der Waals surface area contributed by atoms with E-state index in [4.69, 9.17) is 4.74 Å². The molecule has 7 heteroatoms. The van der Waals surface area contributed by atoms with Crippen molar-refractivity contribution < 1.29 is 19.1 Å². The predicted molar refractivity (Wildman–Crippen MR) is 124 cm³/mol. The Labute approximate surface area is 189 Å². The summed E-state index contributed by atoms with van der Waals surface area (Å²) in [5.74, 6) is -0.510. The number of nitrogens with one attached hydrogen (secondary N) is 1. The first kappa shape index (κ1) is 23.3. The Morgan fingerprint density at radius 2 is 1.97 bits per heavy atom. The summed E-state index contributed by atoms with van der Waals surface area (Å²) < 4.78 is 7.26. The molecule has 1 aromatic carbocycles. The number of carbonyl (C=O) groups is 3. The molecule has 0 atom stereocenters. The first-order valence-electron chi connectivity index (χ1n) is 11.1. The van der Waals surface area contributed by atoms with Crippen LogP contribution in [0, 0.1) is 13.8 Å². The number of anilines is 1. The van der Waals surface area contributed by atoms with Crippen molar-refractivity contribution in [2.75, 3.05) is 18.5 Å². The van der Waals surface area contributed by atoms with Crippen LogP contribution in [0.5, 0.6) is 0 Å². The Bertz CT molecular complexity index is 1050. The van der Waals surface area contributed by atoms with Crippen molar-refractivity contribution in [3.8, 4) is 0 Å². The van der Waals surface area contributed by atoms with Gasteiger partial charge >= 0.3 is 5.97 Å². The van der Waals surface area contributed by atoms with E-state index in [1.807, 2.05) is 54.5 Å². The second kappa shape index (κ2) is 10.3. The SMILES string of the molecule is CCOC(=O)c1c(/C=C/C(=O)Nc2cccc(CN3CCCC3=O)c2)c(C)n(CC)c1C. The second-order valence-corrected chi connectivity index (χ2v) is 7.87. The number of amides is 2. The van der Waals surface area contributed by atoms with Crippen LogP contribution in [0.1, 0.15) is 59.6 Å². The lowest BCUT2D eigenvalue weighted by Gasteiger charge is -2.16. The van der Waals surface area contributed by atoms with Crippen molar-refractivity contribution in [3.05, 3.63) is 58.4 Å². The number of carbonyl (C=O) groups excluding carboxylic acids is 3. The number of esters is 1. The van der Waals surface area contributed by atoms with Crippen LogP contribution in [0.25, 0.3) is 6.08 Å². The maximum atomic E-state index is 12.6. The number of nitrogens with zero attached hydrogens (tertiary/aromatic N) is 2. The minimum absolute atomic E-state index is 0.171. The summed E-state index contributed by atoms with van der Waals surface area (Å²) in [7, 11) is 0.